The highest BCUT2D eigenvalue weighted by atomic mass is 19.1. The van der Waals surface area contributed by atoms with E-state index in [-0.39, 0.29) is 32.7 Å². The van der Waals surface area contributed by atoms with Gasteiger partial charge in [-0.25, -0.2) is 4.39 Å². The van der Waals surface area contributed by atoms with Crippen LogP contribution in [0.3, 0.4) is 0 Å². The summed E-state index contributed by atoms with van der Waals surface area (Å²) >= 11 is 0. The topological polar surface area (TPSA) is 63.2 Å². The molecule has 0 radical (unpaired) electrons. The van der Waals surface area contributed by atoms with E-state index in [1.807, 2.05) is 0 Å². The number of hydrogen-bond donors (Lipinski definition) is 0. The van der Waals surface area contributed by atoms with Gasteiger partial charge in [0.05, 0.1) is 25.9 Å². The fraction of sp³-hybridized carbons (Fsp3) is 0.500. The molecule has 0 aliphatic carbocycles. The van der Waals surface area contributed by atoms with Gasteiger partial charge in [-0.15, -0.1) is 0 Å². The third kappa shape index (κ3) is 4.05. The summed E-state index contributed by atoms with van der Waals surface area (Å²) in [6.07, 6.45) is 0.152. The average molecular weight is 320 g/mol. The number of rotatable bonds is 10. The first-order valence-corrected chi connectivity index (χ1v) is 6.39. The molecule has 1 aromatic rings. The van der Waals surface area contributed by atoms with E-state index in [0.717, 1.165) is 7.11 Å². The number of carbonyl (C=O) groups excluding carboxylic acids is 1. The van der Waals surface area contributed by atoms with Crippen LogP contribution < -0.4 is 14.2 Å². The molecule has 6 nitrogen and oxygen atoms in total. The molecule has 8 heteroatoms. The quantitative estimate of drug-likeness (QED) is 0.484. The van der Waals surface area contributed by atoms with E-state index in [0.29, 0.717) is 0 Å². The van der Waals surface area contributed by atoms with E-state index in [9.17, 15) is 13.6 Å². The minimum atomic E-state index is -1.06. The average Bonchev–Trinajstić information content (AvgIpc) is 2.52. The first-order chi connectivity index (χ1) is 10.6. The maximum Gasteiger partial charge on any atom is 0.211 e. The molecule has 0 bridgehead atoms. The zero-order chi connectivity index (χ0) is 16.5. The van der Waals surface area contributed by atoms with Crippen molar-refractivity contribution in [2.45, 2.75) is 0 Å². The number of methoxy groups -OCH3 is 3. The molecular weight excluding hydrogens is 302 g/mol. The largest absolute Gasteiger partial charge is 0.493 e. The summed E-state index contributed by atoms with van der Waals surface area (Å²) in [4.78, 5) is 11.0. The first-order valence-electron chi connectivity index (χ1n) is 6.39. The molecule has 0 spiro atoms. The van der Waals surface area contributed by atoms with Gasteiger partial charge in [-0.05, 0) is 0 Å². The zero-order valence-electron chi connectivity index (χ0n) is 12.6. The van der Waals surface area contributed by atoms with E-state index >= 15 is 0 Å². The van der Waals surface area contributed by atoms with E-state index < -0.39 is 34.4 Å². The van der Waals surface area contributed by atoms with Gasteiger partial charge < -0.3 is 23.7 Å². The Hall–Kier alpha value is -1.93. The molecule has 0 saturated heterocycles. The van der Waals surface area contributed by atoms with Crippen LogP contribution in [0.25, 0.3) is 0 Å². The molecule has 0 saturated carbocycles. The smallest absolute Gasteiger partial charge is 0.211 e. The van der Waals surface area contributed by atoms with Gasteiger partial charge in [0.1, 0.15) is 13.2 Å². The van der Waals surface area contributed by atoms with Gasteiger partial charge in [0.15, 0.2) is 17.9 Å². The van der Waals surface area contributed by atoms with E-state index in [2.05, 4.69) is 0 Å². The number of carbonyl (C=O) groups is 1. The van der Waals surface area contributed by atoms with E-state index in [1.165, 1.54) is 14.2 Å². The minimum absolute atomic E-state index is 0.0307. The maximum absolute atomic E-state index is 14.4. The van der Waals surface area contributed by atoms with Crippen molar-refractivity contribution in [2.75, 3.05) is 47.8 Å². The number of benzene rings is 1. The van der Waals surface area contributed by atoms with Crippen molar-refractivity contribution in [3.05, 3.63) is 17.2 Å². The lowest BCUT2D eigenvalue weighted by Gasteiger charge is -2.17. The van der Waals surface area contributed by atoms with Crippen LogP contribution in [0.15, 0.2) is 0 Å². The van der Waals surface area contributed by atoms with Crippen molar-refractivity contribution in [3.8, 4) is 17.2 Å². The highest BCUT2D eigenvalue weighted by molar-refractivity contribution is 5.82. The van der Waals surface area contributed by atoms with Gasteiger partial charge >= 0.3 is 0 Å². The Labute approximate surface area is 126 Å². The van der Waals surface area contributed by atoms with Crippen LogP contribution in [0.4, 0.5) is 8.78 Å². The second-order valence-corrected chi connectivity index (χ2v) is 4.03. The molecule has 0 aliphatic rings. The van der Waals surface area contributed by atoms with Crippen LogP contribution in [0.1, 0.15) is 10.4 Å². The number of aldehydes is 1. The molecule has 0 heterocycles. The van der Waals surface area contributed by atoms with Crippen LogP contribution in [0, 0.1) is 11.6 Å². The van der Waals surface area contributed by atoms with Crippen LogP contribution in [0.2, 0.25) is 0 Å². The van der Waals surface area contributed by atoms with E-state index in [4.69, 9.17) is 23.7 Å². The molecule has 22 heavy (non-hydrogen) atoms. The lowest BCUT2D eigenvalue weighted by Crippen LogP contribution is -2.13. The van der Waals surface area contributed by atoms with Crippen molar-refractivity contribution in [3.63, 3.8) is 0 Å². The predicted molar refractivity (Wildman–Crippen MR) is 73.0 cm³/mol. The van der Waals surface area contributed by atoms with Crippen LogP contribution in [0.5, 0.6) is 17.2 Å². The Morgan fingerprint density at radius 1 is 0.818 bits per heavy atom. The Bertz CT molecular complexity index is 507. The lowest BCUT2D eigenvalue weighted by atomic mass is 10.1. The van der Waals surface area contributed by atoms with Crippen molar-refractivity contribution < 1.29 is 37.3 Å². The molecule has 1 rings (SSSR count). The van der Waals surface area contributed by atoms with Crippen molar-refractivity contribution >= 4 is 6.29 Å². The summed E-state index contributed by atoms with van der Waals surface area (Å²) in [5.74, 6) is -3.60. The molecule has 0 fully saturated rings. The van der Waals surface area contributed by atoms with Crippen molar-refractivity contribution in [1.82, 2.24) is 0 Å². The summed E-state index contributed by atoms with van der Waals surface area (Å²) < 4.78 is 53.3. The standard InChI is InChI=1S/C14H18F2O6/c1-18-4-6-21-13-10(15)9(8-17)12(20-3)11(16)14(13)22-7-5-19-2/h8H,4-7H2,1-3H3. The Kier molecular flexibility index (Phi) is 7.55. The Balaban J connectivity index is 3.27. The molecule has 0 unspecified atom stereocenters. The molecule has 0 aliphatic heterocycles. The summed E-state index contributed by atoms with van der Waals surface area (Å²) in [6, 6.07) is 0. The fourth-order valence-corrected chi connectivity index (χ4v) is 1.66. The third-order valence-corrected chi connectivity index (χ3v) is 2.68. The number of hydrogen-bond acceptors (Lipinski definition) is 6. The van der Waals surface area contributed by atoms with Gasteiger partial charge in [0.2, 0.25) is 17.3 Å². The van der Waals surface area contributed by atoms with Gasteiger partial charge in [-0.1, -0.05) is 0 Å². The summed E-state index contributed by atoms with van der Waals surface area (Å²) in [5, 5.41) is 0. The highest BCUT2D eigenvalue weighted by Gasteiger charge is 2.28. The molecule has 0 atom stereocenters. The van der Waals surface area contributed by atoms with Gasteiger partial charge in [0.25, 0.3) is 0 Å². The number of halogens is 2. The maximum atomic E-state index is 14.4. The van der Waals surface area contributed by atoms with Gasteiger partial charge in [-0.2, -0.15) is 4.39 Å². The van der Waals surface area contributed by atoms with Crippen LogP contribution in [-0.4, -0.2) is 54.0 Å². The second-order valence-electron chi connectivity index (χ2n) is 4.03. The SMILES string of the molecule is COCCOc1c(F)c(C=O)c(OC)c(F)c1OCCOC. The predicted octanol–water partition coefficient (Wildman–Crippen LogP) is 1.84. The molecule has 124 valence electrons. The summed E-state index contributed by atoms with van der Waals surface area (Å²) in [5.41, 5.74) is -0.577. The molecule has 0 aromatic heterocycles. The minimum Gasteiger partial charge on any atom is -0.493 e. The van der Waals surface area contributed by atoms with Crippen molar-refractivity contribution in [1.29, 1.82) is 0 Å². The van der Waals surface area contributed by atoms with Gasteiger partial charge in [-0.3, -0.25) is 4.79 Å². The second kappa shape index (κ2) is 9.16. The molecular formula is C14H18F2O6. The molecule has 0 amide bonds. The number of ether oxygens (including phenoxy) is 5. The fourth-order valence-electron chi connectivity index (χ4n) is 1.66. The molecule has 1 aromatic carbocycles. The third-order valence-electron chi connectivity index (χ3n) is 2.68. The Morgan fingerprint density at radius 3 is 1.73 bits per heavy atom. The molecule has 0 N–H and O–H groups in total. The van der Waals surface area contributed by atoms with Crippen LogP contribution in [-0.2, 0) is 9.47 Å². The summed E-state index contributed by atoms with van der Waals surface area (Å²) in [6.45, 7) is 0.243. The highest BCUT2D eigenvalue weighted by Crippen LogP contribution is 2.41. The van der Waals surface area contributed by atoms with Crippen LogP contribution >= 0.6 is 0 Å². The lowest BCUT2D eigenvalue weighted by molar-refractivity contribution is 0.110. The monoisotopic (exact) mass is 320 g/mol. The van der Waals surface area contributed by atoms with Gasteiger partial charge in [0, 0.05) is 14.2 Å². The zero-order valence-corrected chi connectivity index (χ0v) is 12.6. The first kappa shape index (κ1) is 18.1. The van der Waals surface area contributed by atoms with Crippen molar-refractivity contribution in [2.24, 2.45) is 0 Å². The Morgan fingerprint density at radius 2 is 1.32 bits per heavy atom. The summed E-state index contributed by atoms with van der Waals surface area (Å²) in [7, 11) is 3.99. The van der Waals surface area contributed by atoms with E-state index in [1.54, 1.807) is 0 Å². The normalized spacial score (nSPS) is 10.4.